The number of methoxy groups -OCH3 is 1. The Hall–Kier alpha value is -2.92. The second-order valence-corrected chi connectivity index (χ2v) is 7.24. The third-order valence-electron chi connectivity index (χ3n) is 5.25. The van der Waals surface area contributed by atoms with Gasteiger partial charge in [0, 0.05) is 34.2 Å². The molecule has 1 heterocycles. The number of hydrogen-bond donors (Lipinski definition) is 0. The highest BCUT2D eigenvalue weighted by atomic mass is 35.5. The van der Waals surface area contributed by atoms with Crippen LogP contribution in [-0.4, -0.2) is 13.4 Å². The van der Waals surface area contributed by atoms with Gasteiger partial charge in [-0.15, -0.1) is 0 Å². The SMILES string of the molecule is COc1ccc(C=O)c(-c2c(Cl)c(F)cc3c2[C@H](C)C(c2ccccc2)O3)c1F. The molecule has 1 aliphatic heterocycles. The molecule has 0 fully saturated rings. The minimum Gasteiger partial charge on any atom is -0.494 e. The molecule has 0 saturated carbocycles. The lowest BCUT2D eigenvalue weighted by atomic mass is 9.85. The van der Waals surface area contributed by atoms with Gasteiger partial charge in [-0.25, -0.2) is 8.78 Å². The summed E-state index contributed by atoms with van der Waals surface area (Å²) in [5, 5.41) is -0.261. The summed E-state index contributed by atoms with van der Waals surface area (Å²) < 4.78 is 41.0. The van der Waals surface area contributed by atoms with Crippen LogP contribution in [0.1, 0.15) is 40.4 Å². The maximum absolute atomic E-state index is 15.2. The zero-order valence-corrected chi connectivity index (χ0v) is 16.5. The van der Waals surface area contributed by atoms with Gasteiger partial charge in [-0.2, -0.15) is 0 Å². The first-order valence-corrected chi connectivity index (χ1v) is 9.41. The fourth-order valence-electron chi connectivity index (χ4n) is 3.88. The van der Waals surface area contributed by atoms with Crippen LogP contribution in [0.15, 0.2) is 48.5 Å². The Morgan fingerprint density at radius 2 is 1.83 bits per heavy atom. The normalized spacial score (nSPS) is 17.6. The molecule has 0 bridgehead atoms. The van der Waals surface area contributed by atoms with Crippen molar-refractivity contribution in [2.45, 2.75) is 18.9 Å². The second-order valence-electron chi connectivity index (χ2n) is 6.86. The molecule has 1 unspecified atom stereocenters. The quantitative estimate of drug-likeness (QED) is 0.467. The Labute approximate surface area is 171 Å². The van der Waals surface area contributed by atoms with Crippen LogP contribution in [0.5, 0.6) is 11.5 Å². The Balaban J connectivity index is 1.99. The van der Waals surface area contributed by atoms with Gasteiger partial charge in [0.05, 0.1) is 12.1 Å². The van der Waals surface area contributed by atoms with Crippen molar-refractivity contribution < 1.29 is 23.0 Å². The molecule has 0 saturated heterocycles. The van der Waals surface area contributed by atoms with Gasteiger partial charge in [0.1, 0.15) is 17.7 Å². The number of fused-ring (bicyclic) bond motifs is 1. The molecular formula is C23H17ClF2O3. The van der Waals surface area contributed by atoms with Crippen LogP contribution in [0.25, 0.3) is 11.1 Å². The molecule has 6 heteroatoms. The van der Waals surface area contributed by atoms with Crippen LogP contribution in [-0.2, 0) is 0 Å². The van der Waals surface area contributed by atoms with E-state index in [1.165, 1.54) is 25.3 Å². The molecule has 3 nitrogen and oxygen atoms in total. The average Bonchev–Trinajstić information content (AvgIpc) is 3.06. The summed E-state index contributed by atoms with van der Waals surface area (Å²) in [6, 6.07) is 13.5. The first-order valence-electron chi connectivity index (χ1n) is 9.03. The molecule has 0 radical (unpaired) electrons. The molecular weight excluding hydrogens is 398 g/mol. The first-order chi connectivity index (χ1) is 14.0. The van der Waals surface area contributed by atoms with Gasteiger partial charge in [0.25, 0.3) is 0 Å². The van der Waals surface area contributed by atoms with Crippen molar-refractivity contribution in [3.8, 4) is 22.6 Å². The van der Waals surface area contributed by atoms with Crippen LogP contribution in [0.2, 0.25) is 5.02 Å². The monoisotopic (exact) mass is 414 g/mol. The van der Waals surface area contributed by atoms with Crippen molar-refractivity contribution in [2.75, 3.05) is 7.11 Å². The lowest BCUT2D eigenvalue weighted by Gasteiger charge is -2.18. The minimum atomic E-state index is -0.776. The smallest absolute Gasteiger partial charge is 0.173 e. The van der Waals surface area contributed by atoms with Gasteiger partial charge in [0.15, 0.2) is 17.9 Å². The van der Waals surface area contributed by atoms with Crippen LogP contribution < -0.4 is 9.47 Å². The number of ether oxygens (including phenoxy) is 2. The van der Waals surface area contributed by atoms with E-state index < -0.39 is 17.7 Å². The van der Waals surface area contributed by atoms with Gasteiger partial charge in [-0.1, -0.05) is 48.9 Å². The Bertz CT molecular complexity index is 1100. The molecule has 3 aromatic rings. The van der Waals surface area contributed by atoms with E-state index in [2.05, 4.69) is 0 Å². The zero-order chi connectivity index (χ0) is 20.7. The first kappa shape index (κ1) is 19.4. The molecule has 29 heavy (non-hydrogen) atoms. The summed E-state index contributed by atoms with van der Waals surface area (Å²) in [7, 11) is 1.32. The minimum absolute atomic E-state index is 0.0494. The van der Waals surface area contributed by atoms with E-state index in [4.69, 9.17) is 21.1 Å². The number of rotatable bonds is 4. The fourth-order valence-corrected chi connectivity index (χ4v) is 4.13. The van der Waals surface area contributed by atoms with Crippen molar-refractivity contribution in [1.82, 2.24) is 0 Å². The van der Waals surface area contributed by atoms with Crippen LogP contribution in [0.4, 0.5) is 8.78 Å². The summed E-state index contributed by atoms with van der Waals surface area (Å²) in [6.07, 6.45) is 0.122. The molecule has 3 aromatic carbocycles. The van der Waals surface area contributed by atoms with Gasteiger partial charge < -0.3 is 9.47 Å². The van der Waals surface area contributed by atoms with E-state index >= 15 is 4.39 Å². The average molecular weight is 415 g/mol. The van der Waals surface area contributed by atoms with E-state index in [1.54, 1.807) is 0 Å². The van der Waals surface area contributed by atoms with Crippen molar-refractivity contribution >= 4 is 17.9 Å². The molecule has 148 valence electrons. The summed E-state index contributed by atoms with van der Waals surface area (Å²) in [4.78, 5) is 11.6. The van der Waals surface area contributed by atoms with Crippen LogP contribution >= 0.6 is 11.6 Å². The molecule has 2 atom stereocenters. The number of carbonyl (C=O) groups is 1. The van der Waals surface area contributed by atoms with Crippen LogP contribution in [0, 0.1) is 11.6 Å². The standard InChI is InChI=1S/C23H17ClF2O3/c1-12-18-17(29-23(12)13-6-4-3-5-7-13)10-15(25)21(24)20(18)19-14(11-27)8-9-16(28-2)22(19)26/h3-12,23H,1-2H3/t12-,23?/m0/s1. The van der Waals surface area contributed by atoms with E-state index in [0.29, 0.717) is 11.8 Å². The number of benzene rings is 3. The Kier molecular flexibility index (Phi) is 5.01. The topological polar surface area (TPSA) is 35.5 Å². The van der Waals surface area contributed by atoms with Gasteiger partial charge in [-0.3, -0.25) is 4.79 Å². The molecule has 0 N–H and O–H groups in total. The maximum Gasteiger partial charge on any atom is 0.173 e. The third-order valence-corrected chi connectivity index (χ3v) is 5.62. The third kappa shape index (κ3) is 3.06. The highest BCUT2D eigenvalue weighted by Crippen LogP contribution is 2.53. The Morgan fingerprint density at radius 3 is 2.48 bits per heavy atom. The zero-order valence-electron chi connectivity index (χ0n) is 15.7. The Morgan fingerprint density at radius 1 is 1.10 bits per heavy atom. The van der Waals surface area contributed by atoms with E-state index in [9.17, 15) is 9.18 Å². The summed E-state index contributed by atoms with van der Waals surface area (Å²) in [6.45, 7) is 1.90. The maximum atomic E-state index is 15.2. The second kappa shape index (κ2) is 7.48. The van der Waals surface area contributed by atoms with Gasteiger partial charge >= 0.3 is 0 Å². The van der Waals surface area contributed by atoms with Crippen molar-refractivity contribution in [3.05, 3.63) is 81.9 Å². The molecule has 4 rings (SSSR count). The van der Waals surface area contributed by atoms with Crippen molar-refractivity contribution in [3.63, 3.8) is 0 Å². The molecule has 0 amide bonds. The van der Waals surface area contributed by atoms with E-state index in [-0.39, 0.29) is 39.1 Å². The largest absolute Gasteiger partial charge is 0.494 e. The molecule has 0 aliphatic carbocycles. The predicted octanol–water partition coefficient (Wildman–Crippen LogP) is 6.34. The number of halogens is 3. The number of carbonyl (C=O) groups excluding carboxylic acids is 1. The summed E-state index contributed by atoms with van der Waals surface area (Å²) >= 11 is 6.31. The van der Waals surface area contributed by atoms with Gasteiger partial charge in [-0.05, 0) is 17.7 Å². The highest BCUT2D eigenvalue weighted by Gasteiger charge is 2.38. The summed E-state index contributed by atoms with van der Waals surface area (Å²) in [5.74, 6) is -1.57. The van der Waals surface area contributed by atoms with E-state index in [1.807, 2.05) is 37.3 Å². The van der Waals surface area contributed by atoms with Crippen molar-refractivity contribution in [2.24, 2.45) is 0 Å². The fraction of sp³-hybridized carbons (Fsp3) is 0.174. The lowest BCUT2D eigenvalue weighted by Crippen LogP contribution is -2.07. The summed E-state index contributed by atoms with van der Waals surface area (Å²) in [5.41, 5.74) is 1.53. The molecule has 0 aromatic heterocycles. The highest BCUT2D eigenvalue weighted by molar-refractivity contribution is 6.34. The van der Waals surface area contributed by atoms with Crippen molar-refractivity contribution in [1.29, 1.82) is 0 Å². The van der Waals surface area contributed by atoms with Gasteiger partial charge in [0.2, 0.25) is 0 Å². The van der Waals surface area contributed by atoms with E-state index in [0.717, 1.165) is 5.56 Å². The number of aldehydes is 1. The molecule has 1 aliphatic rings. The predicted molar refractivity (Wildman–Crippen MR) is 107 cm³/mol. The molecule has 0 spiro atoms. The lowest BCUT2D eigenvalue weighted by molar-refractivity contribution is 0.112. The van der Waals surface area contributed by atoms with Crippen LogP contribution in [0.3, 0.4) is 0 Å². The number of hydrogen-bond acceptors (Lipinski definition) is 3.